The number of rotatable bonds is 6. The second-order valence-electron chi connectivity index (χ2n) is 5.08. The molecular formula is C14H28FNO4Y-2. The Morgan fingerprint density at radius 3 is 2.05 bits per heavy atom. The van der Waals surface area contributed by atoms with Gasteiger partial charge in [-0.25, -0.2) is 4.39 Å². The van der Waals surface area contributed by atoms with Crippen molar-refractivity contribution in [2.24, 2.45) is 5.41 Å². The average molecular weight is 382 g/mol. The third-order valence-corrected chi connectivity index (χ3v) is 2.01. The van der Waals surface area contributed by atoms with E-state index < -0.39 is 17.1 Å². The molecule has 5 nitrogen and oxygen atoms in total. The third-order valence-electron chi connectivity index (χ3n) is 2.01. The Morgan fingerprint density at radius 1 is 1.29 bits per heavy atom. The van der Waals surface area contributed by atoms with E-state index in [1.54, 1.807) is 0 Å². The molecule has 0 aromatic heterocycles. The van der Waals surface area contributed by atoms with Crippen LogP contribution in [0.1, 0.15) is 34.1 Å². The summed E-state index contributed by atoms with van der Waals surface area (Å²) in [7, 11) is 1.00. The van der Waals surface area contributed by atoms with Crippen LogP contribution in [0.2, 0.25) is 0 Å². The van der Waals surface area contributed by atoms with Gasteiger partial charge in [0.15, 0.2) is 0 Å². The molecule has 7 heteroatoms. The van der Waals surface area contributed by atoms with Gasteiger partial charge in [-0.3, -0.25) is 9.59 Å². The molecule has 0 aliphatic rings. The van der Waals surface area contributed by atoms with Gasteiger partial charge in [-0.15, -0.1) is 0 Å². The van der Waals surface area contributed by atoms with Gasteiger partial charge < -0.3 is 29.5 Å². The van der Waals surface area contributed by atoms with E-state index in [1.165, 1.54) is 27.7 Å². The number of hydrogen-bond acceptors (Lipinski definition) is 4. The van der Waals surface area contributed by atoms with E-state index >= 15 is 0 Å². The molecular weight excluding hydrogens is 354 g/mol. The van der Waals surface area contributed by atoms with Crippen molar-refractivity contribution in [3.63, 3.8) is 0 Å². The van der Waals surface area contributed by atoms with Crippen LogP contribution in [-0.4, -0.2) is 42.9 Å². The quantitative estimate of drug-likeness (QED) is 0.417. The molecule has 1 unspecified atom stereocenters. The zero-order valence-corrected chi connectivity index (χ0v) is 16.8. The van der Waals surface area contributed by atoms with Crippen molar-refractivity contribution >= 4 is 11.9 Å². The Bertz CT molecular complexity index is 291. The fourth-order valence-electron chi connectivity index (χ4n) is 1.54. The van der Waals surface area contributed by atoms with Crippen molar-refractivity contribution in [3.8, 4) is 0 Å². The minimum absolute atomic E-state index is 0. The first-order valence-corrected chi connectivity index (χ1v) is 5.95. The molecule has 0 fully saturated rings. The zero-order valence-electron chi connectivity index (χ0n) is 14.0. The van der Waals surface area contributed by atoms with Gasteiger partial charge >= 0.3 is 0 Å². The zero-order chi connectivity index (χ0) is 15.7. The first-order chi connectivity index (χ1) is 8.54. The van der Waals surface area contributed by atoms with Gasteiger partial charge in [-0.05, 0) is 20.3 Å². The molecule has 0 heterocycles. The predicted molar refractivity (Wildman–Crippen MR) is 77.5 cm³/mol. The maximum Gasteiger partial charge on any atom is 0.281 e. The van der Waals surface area contributed by atoms with Crippen LogP contribution < -0.4 is 5.32 Å². The summed E-state index contributed by atoms with van der Waals surface area (Å²) in [6.07, 6.45) is -0.0149. The fraction of sp³-hybridized carbons (Fsp3) is 0.714. The normalized spacial score (nSPS) is 12.4. The maximum absolute atomic E-state index is 13.4. The van der Waals surface area contributed by atoms with Crippen molar-refractivity contribution in [1.29, 1.82) is 0 Å². The third kappa shape index (κ3) is 17.9. The van der Waals surface area contributed by atoms with Crippen LogP contribution in [-0.2, 0) is 47.0 Å². The molecule has 0 rings (SSSR count). The molecule has 21 heavy (non-hydrogen) atoms. The molecule has 2 N–H and O–H groups in total. The van der Waals surface area contributed by atoms with Gasteiger partial charge in [-0.1, -0.05) is 12.3 Å². The van der Waals surface area contributed by atoms with Crippen molar-refractivity contribution in [3.05, 3.63) is 14.4 Å². The molecule has 125 valence electrons. The molecule has 1 atom stereocenters. The van der Waals surface area contributed by atoms with E-state index in [2.05, 4.69) is 12.2 Å². The number of ether oxygens (including phenoxy) is 1. The van der Waals surface area contributed by atoms with Crippen LogP contribution in [0.5, 0.6) is 0 Å². The largest absolute Gasteiger partial charge is 0.465 e. The second kappa shape index (κ2) is 13.6. The molecule has 0 aliphatic heterocycles. The van der Waals surface area contributed by atoms with E-state index in [9.17, 15) is 14.0 Å². The molecule has 0 saturated heterocycles. The molecule has 1 amide bonds. The number of esters is 1. The Hall–Kier alpha value is -0.0661. The molecule has 0 aromatic rings. The Kier molecular flexibility index (Phi) is 18.8. The number of alkyl halides is 1. The number of aliphatic hydroxyl groups excluding tert-OH is 1. The van der Waals surface area contributed by atoms with E-state index in [0.29, 0.717) is 0 Å². The molecule has 0 aliphatic carbocycles. The molecule has 0 saturated carbocycles. The summed E-state index contributed by atoms with van der Waals surface area (Å²) in [6, 6.07) is 0. The molecule has 0 aromatic carbocycles. The van der Waals surface area contributed by atoms with Crippen LogP contribution >= 0.6 is 0 Å². The Morgan fingerprint density at radius 2 is 1.71 bits per heavy atom. The van der Waals surface area contributed by atoms with Gasteiger partial charge in [0.25, 0.3) is 5.97 Å². The topological polar surface area (TPSA) is 75.6 Å². The number of hydrogen-bond donors (Lipinski definition) is 2. The van der Waals surface area contributed by atoms with Crippen LogP contribution in [0, 0.1) is 19.8 Å². The van der Waals surface area contributed by atoms with Gasteiger partial charge in [0.1, 0.15) is 12.3 Å². The van der Waals surface area contributed by atoms with Crippen LogP contribution in [0.4, 0.5) is 4.39 Å². The number of halogens is 1. The van der Waals surface area contributed by atoms with E-state index in [-0.39, 0.29) is 65.6 Å². The monoisotopic (exact) mass is 382 g/mol. The van der Waals surface area contributed by atoms with Crippen LogP contribution in [0.15, 0.2) is 0 Å². The minimum atomic E-state index is -1.48. The van der Waals surface area contributed by atoms with Crippen molar-refractivity contribution in [2.45, 2.75) is 39.8 Å². The molecule has 1 radical (unpaired) electrons. The summed E-state index contributed by atoms with van der Waals surface area (Å²) in [5, 5.41) is 9.49. The summed E-state index contributed by atoms with van der Waals surface area (Å²) in [5.74, 6) is -0.753. The van der Waals surface area contributed by atoms with Crippen molar-refractivity contribution < 1.29 is 56.5 Å². The van der Waals surface area contributed by atoms with E-state index in [4.69, 9.17) is 9.84 Å². The number of carbonyl (C=O) groups is 2. The number of nitrogens with one attached hydrogen (secondary N) is 1. The van der Waals surface area contributed by atoms with E-state index in [0.717, 1.165) is 7.11 Å². The minimum Gasteiger partial charge on any atom is -0.465 e. The predicted octanol–water partition coefficient (Wildman–Crippen LogP) is 1.70. The van der Waals surface area contributed by atoms with Crippen molar-refractivity contribution in [1.82, 2.24) is 5.32 Å². The Balaban J connectivity index is -0.000000344. The number of aliphatic hydroxyl groups is 1. The van der Waals surface area contributed by atoms with Crippen molar-refractivity contribution in [2.75, 3.05) is 20.3 Å². The van der Waals surface area contributed by atoms with Crippen LogP contribution in [0.25, 0.3) is 0 Å². The average Bonchev–Trinajstić information content (AvgIpc) is 2.23. The second-order valence-corrected chi connectivity index (χ2v) is 5.08. The first-order valence-electron chi connectivity index (χ1n) is 5.95. The summed E-state index contributed by atoms with van der Waals surface area (Å²) >= 11 is 0. The molecule has 0 spiro atoms. The summed E-state index contributed by atoms with van der Waals surface area (Å²) < 4.78 is 18.4. The fourth-order valence-corrected chi connectivity index (χ4v) is 1.54. The first kappa shape index (κ1) is 29.0. The summed E-state index contributed by atoms with van der Waals surface area (Å²) in [4.78, 5) is 22.2. The van der Waals surface area contributed by atoms with Gasteiger partial charge in [0, 0.05) is 46.7 Å². The summed E-state index contributed by atoms with van der Waals surface area (Å²) in [5.41, 5.74) is -2.60. The van der Waals surface area contributed by atoms with E-state index in [1.807, 2.05) is 0 Å². The van der Waals surface area contributed by atoms with Crippen LogP contribution in [0.3, 0.4) is 0 Å². The SMILES string of the molecule is CO.[CH2-]C(C)(CC(C)(C)F)C(=O)OCCNC(C)=O.[CH3-].[Y]. The summed E-state index contributed by atoms with van der Waals surface area (Å²) in [6.45, 7) is 9.67. The Labute approximate surface area is 153 Å². The number of amides is 1. The van der Waals surface area contributed by atoms with Gasteiger partial charge in [0.05, 0.1) is 6.54 Å². The van der Waals surface area contributed by atoms with Gasteiger partial charge in [-0.2, -0.15) is 0 Å². The smallest absolute Gasteiger partial charge is 0.281 e. The molecule has 0 bridgehead atoms. The standard InChI is InChI=1S/C12H21FNO3.CH4O.CH3.Y/c1-9(15)14-6-7-17-10(16)11(2,3)8-12(4,5)13;1-2;;/h2,6-8H2,1,3-5H3,(H,14,15);2H,1H3;1H3;/q-1;;-1;. The van der Waals surface area contributed by atoms with Gasteiger partial charge in [0.2, 0.25) is 5.91 Å². The number of carbonyl (C=O) groups excluding carboxylic acids is 2. The maximum atomic E-state index is 13.4.